The minimum absolute atomic E-state index is 0.0403. The van der Waals surface area contributed by atoms with E-state index in [0.29, 0.717) is 48.3 Å². The van der Waals surface area contributed by atoms with E-state index in [0.717, 1.165) is 51.6 Å². The van der Waals surface area contributed by atoms with E-state index < -0.39 is 54.3 Å². The fraction of sp³-hybridized carbons (Fsp3) is 0.909. The van der Waals surface area contributed by atoms with E-state index in [1.165, 1.54) is 0 Å². The first-order chi connectivity index (χ1) is 20.2. The molecule has 4 saturated carbocycles. The van der Waals surface area contributed by atoms with Gasteiger partial charge in [-0.1, -0.05) is 27.7 Å². The Morgan fingerprint density at radius 3 is 2.28 bits per heavy atom. The lowest BCUT2D eigenvalue weighted by molar-refractivity contribution is -0.273. The van der Waals surface area contributed by atoms with Crippen LogP contribution in [-0.2, 0) is 28.6 Å². The van der Waals surface area contributed by atoms with Crippen LogP contribution in [0.3, 0.4) is 0 Å². The van der Waals surface area contributed by atoms with Crippen LogP contribution in [-0.4, -0.2) is 75.1 Å². The first kappa shape index (κ1) is 31.2. The molecular formula is C33H50O10. The lowest BCUT2D eigenvalue weighted by atomic mass is 9.43. The fourth-order valence-electron chi connectivity index (χ4n) is 11.3. The maximum Gasteiger partial charge on any atom is 0.333 e. The molecule has 6 fully saturated rings. The van der Waals surface area contributed by atoms with Crippen LogP contribution >= 0.6 is 0 Å². The lowest BCUT2D eigenvalue weighted by Crippen LogP contribution is -2.59. The second-order valence-electron chi connectivity index (χ2n) is 15.6. The van der Waals surface area contributed by atoms with Gasteiger partial charge in [0.05, 0.1) is 25.2 Å². The van der Waals surface area contributed by atoms with Gasteiger partial charge in [0, 0.05) is 12.3 Å². The van der Waals surface area contributed by atoms with Gasteiger partial charge in [-0.05, 0) is 97.7 Å². The van der Waals surface area contributed by atoms with Crippen molar-refractivity contribution in [1.29, 1.82) is 0 Å². The smallest absolute Gasteiger partial charge is 0.333 e. The predicted octanol–water partition coefficient (Wildman–Crippen LogP) is 3.85. The number of aliphatic hydroxyl groups is 2. The molecule has 0 aromatic rings. The van der Waals surface area contributed by atoms with Gasteiger partial charge in [0.2, 0.25) is 0 Å². The quantitative estimate of drug-likeness (QED) is 0.327. The molecular weight excluding hydrogens is 556 g/mol. The Balaban J connectivity index is 1.13. The highest BCUT2D eigenvalue weighted by atomic mass is 16.7. The van der Waals surface area contributed by atoms with Crippen molar-refractivity contribution in [3.63, 3.8) is 0 Å². The van der Waals surface area contributed by atoms with E-state index in [4.69, 9.17) is 19.3 Å². The van der Waals surface area contributed by atoms with Crippen LogP contribution in [0.1, 0.15) is 91.9 Å². The van der Waals surface area contributed by atoms with E-state index in [9.17, 15) is 29.7 Å². The zero-order valence-electron chi connectivity index (χ0n) is 25.9. The summed E-state index contributed by atoms with van der Waals surface area (Å²) in [6, 6.07) is 0. The molecule has 0 radical (unpaired) electrons. The van der Waals surface area contributed by atoms with Crippen molar-refractivity contribution in [3.05, 3.63) is 0 Å². The lowest BCUT2D eigenvalue weighted by Gasteiger charge is -2.62. The van der Waals surface area contributed by atoms with E-state index in [-0.39, 0.29) is 22.9 Å². The number of carbonyl (C=O) groups is 3. The van der Waals surface area contributed by atoms with Crippen LogP contribution < -0.4 is 0 Å². The van der Waals surface area contributed by atoms with Gasteiger partial charge in [-0.15, -0.1) is 0 Å². The number of carbonyl (C=O) groups excluding carboxylic acids is 1. The SMILES string of the molecule is C[C@@H]1CC[C@@]2(OC1)O[C@H]1C[C@H]3[C@@H]4C[C@H](O)[C@H]5C[C@@H](OC(=O)CC(C(=O)O)C(O)C(=O)O)CC[C@]5(C)[C@H]4CC[C@]3(C)[C@H]1[C@@H]2C. The maximum atomic E-state index is 12.6. The number of aliphatic carboxylic acids is 2. The molecule has 0 amide bonds. The summed E-state index contributed by atoms with van der Waals surface area (Å²) in [4.78, 5) is 35.2. The third-order valence-electron chi connectivity index (χ3n) is 13.5. The van der Waals surface area contributed by atoms with Gasteiger partial charge in [-0.25, -0.2) is 4.79 Å². The number of ether oxygens (including phenoxy) is 3. The third kappa shape index (κ3) is 4.93. The molecule has 2 unspecified atom stereocenters. The van der Waals surface area contributed by atoms with Crippen LogP contribution in [0.2, 0.25) is 0 Å². The first-order valence-corrected chi connectivity index (χ1v) is 16.5. The van der Waals surface area contributed by atoms with Gasteiger partial charge in [0.25, 0.3) is 0 Å². The van der Waals surface area contributed by atoms with Crippen LogP contribution in [0, 0.1) is 58.2 Å². The number of carboxylic acid groups (broad SMARTS) is 2. The monoisotopic (exact) mass is 606 g/mol. The molecule has 6 rings (SSSR count). The van der Waals surface area contributed by atoms with Crippen LogP contribution in [0.25, 0.3) is 0 Å². The zero-order valence-corrected chi connectivity index (χ0v) is 25.9. The topological polar surface area (TPSA) is 160 Å². The minimum atomic E-state index is -2.19. The molecule has 0 bridgehead atoms. The predicted molar refractivity (Wildman–Crippen MR) is 152 cm³/mol. The van der Waals surface area contributed by atoms with Crippen molar-refractivity contribution >= 4 is 17.9 Å². The Kier molecular flexibility index (Phi) is 7.96. The number of rotatable bonds is 6. The Hall–Kier alpha value is -1.75. The van der Waals surface area contributed by atoms with Crippen molar-refractivity contribution in [2.24, 2.45) is 58.2 Å². The largest absolute Gasteiger partial charge is 0.481 e. The molecule has 2 aliphatic heterocycles. The molecule has 6 aliphatic rings. The molecule has 2 heterocycles. The molecule has 2 saturated heterocycles. The Bertz CT molecular complexity index is 1120. The first-order valence-electron chi connectivity index (χ1n) is 16.5. The van der Waals surface area contributed by atoms with Gasteiger partial charge in [-0.3, -0.25) is 9.59 Å². The second-order valence-corrected chi connectivity index (χ2v) is 15.6. The fourth-order valence-corrected chi connectivity index (χ4v) is 11.3. The number of hydrogen-bond acceptors (Lipinski definition) is 8. The molecule has 242 valence electrons. The molecule has 10 heteroatoms. The minimum Gasteiger partial charge on any atom is -0.481 e. The number of aliphatic hydroxyl groups excluding tert-OH is 2. The van der Waals surface area contributed by atoms with Crippen molar-refractivity contribution in [2.75, 3.05) is 6.61 Å². The number of carboxylic acids is 2. The third-order valence-corrected chi connectivity index (χ3v) is 13.5. The van der Waals surface area contributed by atoms with Crippen molar-refractivity contribution in [1.82, 2.24) is 0 Å². The molecule has 15 atom stereocenters. The molecule has 0 aromatic carbocycles. The van der Waals surface area contributed by atoms with Crippen LogP contribution in [0.4, 0.5) is 0 Å². The van der Waals surface area contributed by atoms with E-state index in [1.54, 1.807) is 0 Å². The average molecular weight is 607 g/mol. The summed E-state index contributed by atoms with van der Waals surface area (Å²) >= 11 is 0. The number of hydrogen-bond donors (Lipinski definition) is 4. The Morgan fingerprint density at radius 1 is 0.907 bits per heavy atom. The van der Waals surface area contributed by atoms with E-state index in [1.807, 2.05) is 0 Å². The summed E-state index contributed by atoms with van der Waals surface area (Å²) in [5.41, 5.74) is 0.0573. The maximum absolute atomic E-state index is 12.6. The summed E-state index contributed by atoms with van der Waals surface area (Å²) in [6.45, 7) is 10.1. The average Bonchev–Trinajstić information content (AvgIpc) is 3.39. The molecule has 1 spiro atoms. The van der Waals surface area contributed by atoms with Crippen LogP contribution in [0.5, 0.6) is 0 Å². The Labute approximate surface area is 253 Å². The standard InChI is InChI=1S/C33H50O10/c1-16-5-10-33(41-15-16)17(2)27-25(43-33)14-22-19-12-24(34)23-11-18(6-8-31(23,3)21(19)7-9-32(22,27)4)42-26(35)13-20(29(37)38)28(36)30(39)40/h16-25,27-28,34,36H,5-15H2,1-4H3,(H,37,38)(H,39,40)/t16-,17+,18+,19-,20?,21+,22+,23-,24+,25+,27+,28?,31-,32+,33-/m1/s1. The molecule has 10 nitrogen and oxygen atoms in total. The summed E-state index contributed by atoms with van der Waals surface area (Å²) < 4.78 is 19.0. The van der Waals surface area contributed by atoms with Gasteiger partial charge in [0.15, 0.2) is 11.9 Å². The van der Waals surface area contributed by atoms with Gasteiger partial charge < -0.3 is 34.6 Å². The van der Waals surface area contributed by atoms with Crippen LogP contribution in [0.15, 0.2) is 0 Å². The van der Waals surface area contributed by atoms with E-state index >= 15 is 0 Å². The summed E-state index contributed by atoms with van der Waals surface area (Å²) in [7, 11) is 0. The highest BCUT2D eigenvalue weighted by Crippen LogP contribution is 2.71. The second kappa shape index (κ2) is 11.0. The Morgan fingerprint density at radius 2 is 1.63 bits per heavy atom. The van der Waals surface area contributed by atoms with Gasteiger partial charge in [0.1, 0.15) is 12.0 Å². The normalized spacial score (nSPS) is 50.1. The summed E-state index contributed by atoms with van der Waals surface area (Å²) in [6.07, 6.45) is 4.30. The highest BCUT2D eigenvalue weighted by molar-refractivity contribution is 5.85. The van der Waals surface area contributed by atoms with Crippen molar-refractivity contribution in [3.8, 4) is 0 Å². The molecule has 0 aromatic heterocycles. The molecule has 43 heavy (non-hydrogen) atoms. The highest BCUT2D eigenvalue weighted by Gasteiger charge is 2.69. The number of fused-ring (bicyclic) bond motifs is 7. The van der Waals surface area contributed by atoms with E-state index in [2.05, 4.69) is 27.7 Å². The summed E-state index contributed by atoms with van der Waals surface area (Å²) in [5, 5.41) is 39.7. The van der Waals surface area contributed by atoms with Gasteiger partial charge >= 0.3 is 17.9 Å². The zero-order chi connectivity index (χ0) is 31.1. The number of esters is 1. The summed E-state index contributed by atoms with van der Waals surface area (Å²) in [5.74, 6) is -3.62. The molecule has 4 N–H and O–H groups in total. The van der Waals surface area contributed by atoms with Crippen molar-refractivity contribution in [2.45, 2.75) is 122 Å². The van der Waals surface area contributed by atoms with Crippen molar-refractivity contribution < 1.29 is 49.0 Å². The molecule has 4 aliphatic carbocycles. The van der Waals surface area contributed by atoms with Gasteiger partial charge in [-0.2, -0.15) is 0 Å².